The number of benzene rings is 1. The molecule has 1 aromatic rings. The van der Waals surface area contributed by atoms with Gasteiger partial charge in [-0.25, -0.2) is 0 Å². The summed E-state index contributed by atoms with van der Waals surface area (Å²) in [6, 6.07) is 6.07. The molecule has 1 aliphatic carbocycles. The summed E-state index contributed by atoms with van der Waals surface area (Å²) >= 11 is 6.05. The van der Waals surface area contributed by atoms with Crippen molar-refractivity contribution in [2.75, 3.05) is 13.1 Å². The van der Waals surface area contributed by atoms with Gasteiger partial charge in [0.25, 0.3) is 0 Å². The second-order valence-electron chi connectivity index (χ2n) is 4.83. The first-order valence-electron chi connectivity index (χ1n) is 6.40. The summed E-state index contributed by atoms with van der Waals surface area (Å²) in [7, 11) is 0. The molecule has 3 nitrogen and oxygen atoms in total. The lowest BCUT2D eigenvalue weighted by Gasteiger charge is -2.07. The van der Waals surface area contributed by atoms with E-state index in [9.17, 15) is 4.79 Å². The molecule has 0 bridgehead atoms. The molecule has 1 aromatic carbocycles. The fraction of sp³-hybridized carbons (Fsp3) is 0.500. The number of amides is 1. The summed E-state index contributed by atoms with van der Waals surface area (Å²) in [5.41, 5.74) is 2.26. The van der Waals surface area contributed by atoms with E-state index in [0.717, 1.165) is 36.5 Å². The Kier molecular flexibility index (Phi) is 4.61. The number of aryl methyl sites for hydroxylation is 1. The van der Waals surface area contributed by atoms with Crippen molar-refractivity contribution in [1.29, 1.82) is 0 Å². The third-order valence-corrected chi connectivity index (χ3v) is 3.52. The van der Waals surface area contributed by atoms with E-state index in [-0.39, 0.29) is 5.91 Å². The standard InChI is InChI=1S/C14H19ClN2O/c1-10-2-3-11(8-13(10)15)9-16-6-7-17-14(18)12-4-5-12/h2-3,8,12,16H,4-7,9H2,1H3,(H,17,18). The van der Waals surface area contributed by atoms with Gasteiger partial charge in [-0.1, -0.05) is 23.7 Å². The van der Waals surface area contributed by atoms with E-state index in [1.54, 1.807) is 0 Å². The first kappa shape index (κ1) is 13.4. The van der Waals surface area contributed by atoms with Gasteiger partial charge in [0.1, 0.15) is 0 Å². The topological polar surface area (TPSA) is 41.1 Å². The lowest BCUT2D eigenvalue weighted by atomic mass is 10.1. The Hall–Kier alpha value is -1.06. The van der Waals surface area contributed by atoms with Crippen LogP contribution >= 0.6 is 11.6 Å². The molecule has 0 saturated heterocycles. The van der Waals surface area contributed by atoms with Crippen molar-refractivity contribution in [1.82, 2.24) is 10.6 Å². The molecule has 2 rings (SSSR count). The summed E-state index contributed by atoms with van der Waals surface area (Å²) in [4.78, 5) is 11.4. The highest BCUT2D eigenvalue weighted by molar-refractivity contribution is 6.31. The SMILES string of the molecule is Cc1ccc(CNCCNC(=O)C2CC2)cc1Cl. The zero-order valence-corrected chi connectivity index (χ0v) is 11.4. The molecule has 0 spiro atoms. The maximum atomic E-state index is 11.4. The summed E-state index contributed by atoms with van der Waals surface area (Å²) in [6.45, 7) is 4.24. The number of hydrogen-bond donors (Lipinski definition) is 2. The lowest BCUT2D eigenvalue weighted by molar-refractivity contribution is -0.122. The van der Waals surface area contributed by atoms with Gasteiger partial charge >= 0.3 is 0 Å². The van der Waals surface area contributed by atoms with Gasteiger partial charge in [0, 0.05) is 30.6 Å². The van der Waals surface area contributed by atoms with Crippen LogP contribution in [-0.2, 0) is 11.3 Å². The third-order valence-electron chi connectivity index (χ3n) is 3.11. The maximum absolute atomic E-state index is 11.4. The maximum Gasteiger partial charge on any atom is 0.223 e. The highest BCUT2D eigenvalue weighted by Crippen LogP contribution is 2.28. The summed E-state index contributed by atoms with van der Waals surface area (Å²) in [6.07, 6.45) is 2.11. The molecule has 0 radical (unpaired) electrons. The zero-order chi connectivity index (χ0) is 13.0. The van der Waals surface area contributed by atoms with E-state index < -0.39 is 0 Å². The van der Waals surface area contributed by atoms with Crippen molar-refractivity contribution >= 4 is 17.5 Å². The lowest BCUT2D eigenvalue weighted by Crippen LogP contribution is -2.32. The number of carbonyl (C=O) groups is 1. The van der Waals surface area contributed by atoms with Crippen LogP contribution in [-0.4, -0.2) is 19.0 Å². The third kappa shape index (κ3) is 4.00. The Morgan fingerprint density at radius 1 is 1.39 bits per heavy atom. The highest BCUT2D eigenvalue weighted by atomic mass is 35.5. The Bertz CT molecular complexity index is 430. The number of carbonyl (C=O) groups excluding carboxylic acids is 1. The average Bonchev–Trinajstić information content (AvgIpc) is 3.17. The van der Waals surface area contributed by atoms with E-state index in [2.05, 4.69) is 16.7 Å². The van der Waals surface area contributed by atoms with E-state index in [1.165, 1.54) is 5.56 Å². The molecule has 1 aliphatic rings. The van der Waals surface area contributed by atoms with Crippen molar-refractivity contribution in [2.24, 2.45) is 5.92 Å². The Morgan fingerprint density at radius 3 is 2.83 bits per heavy atom. The van der Waals surface area contributed by atoms with Crippen LogP contribution in [0.5, 0.6) is 0 Å². The fourth-order valence-corrected chi connectivity index (χ4v) is 1.95. The molecule has 1 saturated carbocycles. The minimum atomic E-state index is 0.204. The smallest absolute Gasteiger partial charge is 0.223 e. The summed E-state index contributed by atoms with van der Waals surface area (Å²) in [5.74, 6) is 0.496. The van der Waals surface area contributed by atoms with Crippen molar-refractivity contribution in [3.63, 3.8) is 0 Å². The molecule has 18 heavy (non-hydrogen) atoms. The van der Waals surface area contributed by atoms with Gasteiger partial charge in [0.05, 0.1) is 0 Å². The molecule has 1 amide bonds. The minimum Gasteiger partial charge on any atom is -0.355 e. The molecule has 0 unspecified atom stereocenters. The van der Waals surface area contributed by atoms with Crippen molar-refractivity contribution in [3.05, 3.63) is 34.3 Å². The molecule has 0 atom stereocenters. The van der Waals surface area contributed by atoms with Crippen molar-refractivity contribution in [3.8, 4) is 0 Å². The van der Waals surface area contributed by atoms with Gasteiger partial charge in [-0.2, -0.15) is 0 Å². The number of halogens is 1. The number of nitrogens with one attached hydrogen (secondary N) is 2. The number of rotatable bonds is 6. The van der Waals surface area contributed by atoms with Gasteiger partial charge in [-0.15, -0.1) is 0 Å². The first-order valence-corrected chi connectivity index (χ1v) is 6.78. The van der Waals surface area contributed by atoms with Crippen LogP contribution in [0.3, 0.4) is 0 Å². The Labute approximate surface area is 113 Å². The van der Waals surface area contributed by atoms with Crippen LogP contribution in [0.1, 0.15) is 24.0 Å². The van der Waals surface area contributed by atoms with Crippen LogP contribution in [0.15, 0.2) is 18.2 Å². The fourth-order valence-electron chi connectivity index (χ4n) is 1.74. The van der Waals surface area contributed by atoms with Crippen LogP contribution < -0.4 is 10.6 Å². The predicted octanol–water partition coefficient (Wildman–Crippen LogP) is 2.26. The molecule has 98 valence electrons. The van der Waals surface area contributed by atoms with Gasteiger partial charge in [-0.3, -0.25) is 4.79 Å². The summed E-state index contributed by atoms with van der Waals surface area (Å²) < 4.78 is 0. The van der Waals surface area contributed by atoms with Crippen molar-refractivity contribution < 1.29 is 4.79 Å². The second kappa shape index (κ2) is 6.21. The van der Waals surface area contributed by atoms with E-state index in [0.29, 0.717) is 12.5 Å². The quantitative estimate of drug-likeness (QED) is 0.776. The second-order valence-corrected chi connectivity index (χ2v) is 5.23. The first-order chi connectivity index (χ1) is 8.66. The minimum absolute atomic E-state index is 0.204. The van der Waals surface area contributed by atoms with Gasteiger partial charge in [0.15, 0.2) is 0 Å². The normalized spacial score (nSPS) is 14.6. The largest absolute Gasteiger partial charge is 0.355 e. The van der Waals surface area contributed by atoms with Gasteiger partial charge in [0.2, 0.25) is 5.91 Å². The van der Waals surface area contributed by atoms with E-state index in [4.69, 9.17) is 11.6 Å². The van der Waals surface area contributed by atoms with Crippen molar-refractivity contribution in [2.45, 2.75) is 26.3 Å². The summed E-state index contributed by atoms with van der Waals surface area (Å²) in [5, 5.41) is 7.02. The molecule has 0 aromatic heterocycles. The molecule has 0 heterocycles. The molecule has 2 N–H and O–H groups in total. The predicted molar refractivity (Wildman–Crippen MR) is 73.6 cm³/mol. The number of hydrogen-bond acceptors (Lipinski definition) is 2. The van der Waals surface area contributed by atoms with E-state index >= 15 is 0 Å². The van der Waals surface area contributed by atoms with E-state index in [1.807, 2.05) is 19.1 Å². The highest BCUT2D eigenvalue weighted by Gasteiger charge is 2.28. The molecule has 0 aliphatic heterocycles. The monoisotopic (exact) mass is 266 g/mol. The zero-order valence-electron chi connectivity index (χ0n) is 10.6. The van der Waals surface area contributed by atoms with Crippen LogP contribution in [0.25, 0.3) is 0 Å². The molecule has 1 fully saturated rings. The average molecular weight is 267 g/mol. The Balaban J connectivity index is 1.62. The molecular formula is C14H19ClN2O. The van der Waals surface area contributed by atoms with Crippen LogP contribution in [0.4, 0.5) is 0 Å². The van der Waals surface area contributed by atoms with Crippen LogP contribution in [0.2, 0.25) is 5.02 Å². The van der Waals surface area contributed by atoms with Gasteiger partial charge < -0.3 is 10.6 Å². The van der Waals surface area contributed by atoms with Crippen LogP contribution in [0, 0.1) is 12.8 Å². The van der Waals surface area contributed by atoms with Gasteiger partial charge in [-0.05, 0) is 37.0 Å². The molecule has 4 heteroatoms. The molecular weight excluding hydrogens is 248 g/mol. The Morgan fingerprint density at radius 2 is 2.17 bits per heavy atom.